The molecule has 2 aromatic rings. The maximum absolute atomic E-state index is 11.1. The second-order valence-corrected chi connectivity index (χ2v) is 9.94. The SMILES string of the molecule is O=C(O)c1csc([C@H]2CC[C@@H]3[C@@H](COc4ccc5c(c4)CCCCC5)[C@@H](O)C[C@@H]3O2)n1. The summed E-state index contributed by atoms with van der Waals surface area (Å²) < 4.78 is 12.4. The van der Waals surface area contributed by atoms with Gasteiger partial charge in [-0.15, -0.1) is 11.3 Å². The van der Waals surface area contributed by atoms with Crippen LogP contribution >= 0.6 is 11.3 Å². The number of benzene rings is 1. The number of aryl methyl sites for hydroxylation is 2. The van der Waals surface area contributed by atoms with Crippen molar-refractivity contribution in [2.45, 2.75) is 69.7 Å². The Morgan fingerprint density at radius 3 is 2.84 bits per heavy atom. The average Bonchev–Trinajstić information content (AvgIpc) is 3.29. The minimum Gasteiger partial charge on any atom is -0.493 e. The van der Waals surface area contributed by atoms with E-state index in [9.17, 15) is 9.90 Å². The Labute approximate surface area is 186 Å². The molecule has 31 heavy (non-hydrogen) atoms. The summed E-state index contributed by atoms with van der Waals surface area (Å²) in [6.45, 7) is 0.496. The fourth-order valence-corrected chi connectivity index (χ4v) is 6.31. The van der Waals surface area contributed by atoms with E-state index in [0.717, 1.165) is 36.4 Å². The number of aromatic carboxylic acids is 1. The number of aliphatic hydroxyl groups excluding tert-OH is 1. The summed E-state index contributed by atoms with van der Waals surface area (Å²) in [5.74, 6) is 0.194. The van der Waals surface area contributed by atoms with Crippen LogP contribution < -0.4 is 4.74 Å². The van der Waals surface area contributed by atoms with Crippen LogP contribution in [0.1, 0.15) is 71.3 Å². The van der Waals surface area contributed by atoms with Crippen LogP contribution in [-0.2, 0) is 17.6 Å². The summed E-state index contributed by atoms with van der Waals surface area (Å²) in [7, 11) is 0. The average molecular weight is 444 g/mol. The maximum Gasteiger partial charge on any atom is 0.355 e. The Hall–Kier alpha value is -1.96. The van der Waals surface area contributed by atoms with E-state index in [-0.39, 0.29) is 29.7 Å². The normalized spacial score (nSPS) is 30.3. The molecule has 2 fully saturated rings. The van der Waals surface area contributed by atoms with Gasteiger partial charge in [0.25, 0.3) is 0 Å². The highest BCUT2D eigenvalue weighted by Gasteiger charge is 2.47. The van der Waals surface area contributed by atoms with Crippen LogP contribution in [0, 0.1) is 11.8 Å². The molecule has 0 amide bonds. The van der Waals surface area contributed by atoms with Crippen molar-refractivity contribution in [1.29, 1.82) is 0 Å². The molecule has 2 heterocycles. The van der Waals surface area contributed by atoms with Crippen LogP contribution in [0.4, 0.5) is 0 Å². The van der Waals surface area contributed by atoms with Gasteiger partial charge in [0.05, 0.1) is 18.8 Å². The third-order valence-electron chi connectivity index (χ3n) is 7.13. The Bertz CT molecular complexity index is 944. The van der Waals surface area contributed by atoms with Crippen LogP contribution in [0.3, 0.4) is 0 Å². The molecule has 2 N–H and O–H groups in total. The van der Waals surface area contributed by atoms with Crippen molar-refractivity contribution >= 4 is 17.3 Å². The molecule has 3 aliphatic rings. The molecular formula is C24H29NO5S. The summed E-state index contributed by atoms with van der Waals surface area (Å²) in [5, 5.41) is 22.1. The number of hydrogen-bond donors (Lipinski definition) is 2. The van der Waals surface area contributed by atoms with E-state index in [1.165, 1.54) is 41.7 Å². The van der Waals surface area contributed by atoms with E-state index in [1.807, 2.05) is 0 Å². The molecule has 2 aliphatic carbocycles. The number of carboxylic acids is 1. The van der Waals surface area contributed by atoms with Crippen LogP contribution in [0.5, 0.6) is 5.75 Å². The molecule has 0 spiro atoms. The topological polar surface area (TPSA) is 88.9 Å². The summed E-state index contributed by atoms with van der Waals surface area (Å²) in [5.41, 5.74) is 2.93. The Balaban J connectivity index is 1.21. The minimum absolute atomic E-state index is 0.0356. The quantitative estimate of drug-likeness (QED) is 0.666. The van der Waals surface area contributed by atoms with Gasteiger partial charge in [0.1, 0.15) is 16.9 Å². The van der Waals surface area contributed by atoms with Crippen LogP contribution in [0.15, 0.2) is 23.6 Å². The molecule has 0 unspecified atom stereocenters. The van der Waals surface area contributed by atoms with Gasteiger partial charge in [-0.25, -0.2) is 9.78 Å². The largest absolute Gasteiger partial charge is 0.493 e. The molecule has 1 saturated carbocycles. The predicted octanol–water partition coefficient (Wildman–Crippen LogP) is 4.41. The lowest BCUT2D eigenvalue weighted by Gasteiger charge is -2.33. The molecule has 6 nitrogen and oxygen atoms in total. The maximum atomic E-state index is 11.1. The summed E-state index contributed by atoms with van der Waals surface area (Å²) in [6.07, 6.45) is 7.73. The van der Waals surface area contributed by atoms with Crippen LogP contribution in [0.25, 0.3) is 0 Å². The second-order valence-electron chi connectivity index (χ2n) is 9.05. The zero-order valence-electron chi connectivity index (χ0n) is 17.5. The second kappa shape index (κ2) is 8.88. The number of thiazole rings is 1. The van der Waals surface area contributed by atoms with Gasteiger partial charge >= 0.3 is 5.97 Å². The summed E-state index contributed by atoms with van der Waals surface area (Å²) in [4.78, 5) is 15.3. The standard InChI is InChI=1S/C24H29NO5S/c26-20-11-22-17(8-9-21(30-22)23-25-19(13-31-23)24(27)28)18(20)12-29-16-7-6-14-4-2-1-3-5-15(14)10-16/h6-7,10,13,17-18,20-22,26H,1-5,8-9,11-12H2,(H,27,28)/t17-,18-,20+,21-,22+/m1/s1. The fraction of sp³-hybridized carbons (Fsp3) is 0.583. The number of rotatable bonds is 5. The van der Waals surface area contributed by atoms with Gasteiger partial charge in [-0.3, -0.25) is 0 Å². The lowest BCUT2D eigenvalue weighted by Crippen LogP contribution is -2.33. The number of nitrogens with zero attached hydrogens (tertiary/aromatic N) is 1. The smallest absolute Gasteiger partial charge is 0.355 e. The van der Waals surface area contributed by atoms with Gasteiger partial charge in [0.2, 0.25) is 0 Å². The summed E-state index contributed by atoms with van der Waals surface area (Å²) >= 11 is 1.34. The third-order valence-corrected chi connectivity index (χ3v) is 8.06. The predicted molar refractivity (Wildman–Crippen MR) is 117 cm³/mol. The molecule has 0 radical (unpaired) electrons. The number of carboxylic acid groups (broad SMARTS) is 1. The van der Waals surface area contributed by atoms with Crippen LogP contribution in [-0.4, -0.2) is 40.0 Å². The highest BCUT2D eigenvalue weighted by atomic mass is 32.1. The number of ether oxygens (including phenoxy) is 2. The molecule has 1 aliphatic heterocycles. The number of carbonyl (C=O) groups is 1. The van der Waals surface area contributed by atoms with E-state index in [2.05, 4.69) is 23.2 Å². The molecule has 7 heteroatoms. The van der Waals surface area contributed by atoms with E-state index >= 15 is 0 Å². The first kappa shape index (κ1) is 20.9. The highest BCUT2D eigenvalue weighted by Crippen LogP contribution is 2.46. The van der Waals surface area contributed by atoms with E-state index in [4.69, 9.17) is 14.6 Å². The van der Waals surface area contributed by atoms with Crippen molar-refractivity contribution in [2.24, 2.45) is 11.8 Å². The van der Waals surface area contributed by atoms with Gasteiger partial charge in [-0.2, -0.15) is 0 Å². The molecular weight excluding hydrogens is 414 g/mol. The highest BCUT2D eigenvalue weighted by molar-refractivity contribution is 7.09. The van der Waals surface area contributed by atoms with Gasteiger partial charge in [0.15, 0.2) is 5.69 Å². The third kappa shape index (κ3) is 4.36. The van der Waals surface area contributed by atoms with Crippen molar-refractivity contribution in [1.82, 2.24) is 4.98 Å². The molecule has 1 aromatic carbocycles. The molecule has 0 bridgehead atoms. The minimum atomic E-state index is -1.01. The lowest BCUT2D eigenvalue weighted by atomic mass is 9.87. The Kier molecular flexibility index (Phi) is 5.99. The Morgan fingerprint density at radius 1 is 1.19 bits per heavy atom. The van der Waals surface area contributed by atoms with Crippen molar-refractivity contribution in [3.63, 3.8) is 0 Å². The van der Waals surface area contributed by atoms with Gasteiger partial charge in [-0.05, 0) is 67.7 Å². The van der Waals surface area contributed by atoms with Gasteiger partial charge in [0, 0.05) is 17.7 Å². The fourth-order valence-electron chi connectivity index (χ4n) is 5.45. The van der Waals surface area contributed by atoms with Crippen LogP contribution in [0.2, 0.25) is 0 Å². The van der Waals surface area contributed by atoms with E-state index in [1.54, 1.807) is 5.38 Å². The molecule has 5 atom stereocenters. The van der Waals surface area contributed by atoms with Crippen molar-refractivity contribution in [2.75, 3.05) is 6.61 Å². The van der Waals surface area contributed by atoms with Crippen molar-refractivity contribution in [3.8, 4) is 5.75 Å². The monoisotopic (exact) mass is 443 g/mol. The van der Waals surface area contributed by atoms with E-state index < -0.39 is 12.1 Å². The zero-order valence-corrected chi connectivity index (χ0v) is 18.4. The number of aromatic nitrogens is 1. The molecule has 1 saturated heterocycles. The zero-order chi connectivity index (χ0) is 21.4. The Morgan fingerprint density at radius 2 is 2.03 bits per heavy atom. The van der Waals surface area contributed by atoms with Crippen molar-refractivity contribution < 1.29 is 24.5 Å². The lowest BCUT2D eigenvalue weighted by molar-refractivity contribution is -0.0811. The first-order chi connectivity index (χ1) is 15.1. The number of aliphatic hydroxyl groups is 1. The summed E-state index contributed by atoms with van der Waals surface area (Å²) in [6, 6.07) is 6.46. The first-order valence-corrected chi connectivity index (χ1v) is 12.2. The van der Waals surface area contributed by atoms with Gasteiger partial charge in [-0.1, -0.05) is 12.5 Å². The molecule has 166 valence electrons. The van der Waals surface area contributed by atoms with Crippen molar-refractivity contribution in [3.05, 3.63) is 45.4 Å². The number of fused-ring (bicyclic) bond motifs is 2. The first-order valence-electron chi connectivity index (χ1n) is 11.4. The number of hydrogen-bond acceptors (Lipinski definition) is 6. The molecule has 5 rings (SSSR count). The van der Waals surface area contributed by atoms with Gasteiger partial charge < -0.3 is 19.7 Å². The molecule has 1 aromatic heterocycles. The van der Waals surface area contributed by atoms with E-state index in [0.29, 0.717) is 13.0 Å².